The van der Waals surface area contributed by atoms with Gasteiger partial charge in [0.05, 0.1) is 6.10 Å². The molecule has 0 aromatic heterocycles. The zero-order valence-corrected chi connectivity index (χ0v) is 17.3. The number of allylic oxidation sites excluding steroid dienone is 1. The largest absolute Gasteiger partial charge is 0.411 e. The Labute approximate surface area is 151 Å². The Bertz CT molecular complexity index is 579. The molecule has 142 valence electrons. The fourth-order valence-corrected chi connectivity index (χ4v) is 3.95. The van der Waals surface area contributed by atoms with E-state index in [4.69, 9.17) is 14.9 Å². The van der Waals surface area contributed by atoms with Crippen molar-refractivity contribution in [2.45, 2.75) is 83.4 Å². The first-order valence-corrected chi connectivity index (χ1v) is 11.5. The molecule has 1 heterocycles. The molecule has 0 bridgehead atoms. The number of ether oxygens (including phenoxy) is 1. The number of aldehydes is 1. The molecule has 1 aliphatic rings. The zero-order valence-electron chi connectivity index (χ0n) is 16.3. The number of hydrogen-bond donors (Lipinski definition) is 1. The normalized spacial score (nSPS) is 25.4. The highest BCUT2D eigenvalue weighted by Crippen LogP contribution is 2.45. The highest BCUT2D eigenvalue weighted by Gasteiger charge is 2.69. The maximum Gasteiger partial charge on any atom is 0.260 e. The van der Waals surface area contributed by atoms with E-state index in [9.17, 15) is 14.4 Å². The van der Waals surface area contributed by atoms with Crippen LogP contribution >= 0.6 is 0 Å². The van der Waals surface area contributed by atoms with E-state index < -0.39 is 37.8 Å². The molecule has 0 aliphatic carbocycles. The molecule has 6 nitrogen and oxygen atoms in total. The summed E-state index contributed by atoms with van der Waals surface area (Å²) in [6.07, 6.45) is 2.09. The van der Waals surface area contributed by atoms with Crippen LogP contribution in [0.3, 0.4) is 0 Å². The first-order valence-electron chi connectivity index (χ1n) is 8.62. The third-order valence-corrected chi connectivity index (χ3v) is 9.74. The predicted molar refractivity (Wildman–Crippen MR) is 98.6 cm³/mol. The van der Waals surface area contributed by atoms with Crippen LogP contribution in [0.2, 0.25) is 18.1 Å². The summed E-state index contributed by atoms with van der Waals surface area (Å²) in [5, 5.41) is 0.000190. The van der Waals surface area contributed by atoms with Crippen LogP contribution in [-0.4, -0.2) is 44.1 Å². The number of carbonyl (C=O) groups excluding carboxylic acids is 3. The van der Waals surface area contributed by atoms with Gasteiger partial charge < -0.3 is 19.7 Å². The molecule has 0 aromatic rings. The molecule has 7 heteroatoms. The summed E-state index contributed by atoms with van der Waals surface area (Å²) >= 11 is 0. The standard InChI is InChI=1S/C18H31NO5Si/c1-12(10-8-9-11-20)14(21)18(16(19)22)15(23-18)13(2)24-25(6,7)17(3,4)5/h10-11,13,15H,8-9H2,1-7H3,(H2,19,22)/b12-10+/t13-,15+,18+/m1/s1. The molecule has 1 aliphatic heterocycles. The molecule has 25 heavy (non-hydrogen) atoms. The third kappa shape index (κ3) is 4.45. The van der Waals surface area contributed by atoms with Crippen molar-refractivity contribution in [2.24, 2.45) is 5.73 Å². The minimum Gasteiger partial charge on any atom is -0.411 e. The van der Waals surface area contributed by atoms with Gasteiger partial charge in [-0.25, -0.2) is 0 Å². The second-order valence-electron chi connectivity index (χ2n) is 8.18. The van der Waals surface area contributed by atoms with E-state index in [1.165, 1.54) is 0 Å². The van der Waals surface area contributed by atoms with Gasteiger partial charge in [0.2, 0.25) is 11.4 Å². The van der Waals surface area contributed by atoms with Gasteiger partial charge in [0.1, 0.15) is 12.4 Å². The summed E-state index contributed by atoms with van der Waals surface area (Å²) in [6, 6.07) is 0. The highest BCUT2D eigenvalue weighted by molar-refractivity contribution is 6.74. The van der Waals surface area contributed by atoms with E-state index >= 15 is 0 Å². The first-order chi connectivity index (χ1) is 11.3. The second-order valence-corrected chi connectivity index (χ2v) is 12.9. The maximum atomic E-state index is 12.7. The van der Waals surface area contributed by atoms with Crippen LogP contribution in [-0.2, 0) is 23.5 Å². The average Bonchev–Trinajstić information content (AvgIpc) is 3.22. The summed E-state index contributed by atoms with van der Waals surface area (Å²) in [5.41, 5.74) is 4.22. The van der Waals surface area contributed by atoms with Gasteiger partial charge in [0.15, 0.2) is 8.32 Å². The molecule has 3 atom stereocenters. The van der Waals surface area contributed by atoms with Gasteiger partial charge in [-0.3, -0.25) is 9.59 Å². The van der Waals surface area contributed by atoms with Gasteiger partial charge in [0.25, 0.3) is 5.91 Å². The van der Waals surface area contributed by atoms with Crippen LogP contribution in [0, 0.1) is 0 Å². The molecule has 0 unspecified atom stereocenters. The molecule has 1 fully saturated rings. The van der Waals surface area contributed by atoms with Crippen LogP contribution in [0.1, 0.15) is 47.5 Å². The number of Topliss-reactive ketones (excluding diaryl/α,β-unsaturated/α-hetero) is 1. The van der Waals surface area contributed by atoms with Crippen molar-refractivity contribution >= 4 is 26.3 Å². The minimum atomic E-state index is -2.07. The fraction of sp³-hybridized carbons (Fsp3) is 0.722. The van der Waals surface area contributed by atoms with Crippen molar-refractivity contribution in [1.29, 1.82) is 0 Å². The number of nitrogens with two attached hydrogens (primary N) is 1. The van der Waals surface area contributed by atoms with E-state index in [0.29, 0.717) is 18.4 Å². The van der Waals surface area contributed by atoms with E-state index in [-0.39, 0.29) is 5.04 Å². The van der Waals surface area contributed by atoms with Crippen molar-refractivity contribution in [2.75, 3.05) is 0 Å². The molecule has 1 saturated heterocycles. The lowest BCUT2D eigenvalue weighted by Gasteiger charge is -2.38. The number of amides is 1. The Balaban J connectivity index is 2.94. The van der Waals surface area contributed by atoms with E-state index in [1.807, 2.05) is 6.92 Å². The monoisotopic (exact) mass is 369 g/mol. The van der Waals surface area contributed by atoms with E-state index in [2.05, 4.69) is 33.9 Å². The molecule has 0 aromatic carbocycles. The van der Waals surface area contributed by atoms with Crippen molar-refractivity contribution < 1.29 is 23.5 Å². The Morgan fingerprint density at radius 1 is 1.32 bits per heavy atom. The summed E-state index contributed by atoms with van der Waals surface area (Å²) in [4.78, 5) is 35.1. The summed E-state index contributed by atoms with van der Waals surface area (Å²) < 4.78 is 11.8. The Hall–Kier alpha value is -1.31. The molecule has 1 amide bonds. The Morgan fingerprint density at radius 2 is 1.88 bits per heavy atom. The smallest absolute Gasteiger partial charge is 0.260 e. The number of carbonyl (C=O) groups is 3. The van der Waals surface area contributed by atoms with Crippen LogP contribution in [0.5, 0.6) is 0 Å². The van der Waals surface area contributed by atoms with Gasteiger partial charge in [-0.2, -0.15) is 0 Å². The quantitative estimate of drug-likeness (QED) is 0.168. The number of rotatable bonds is 9. The topological polar surface area (TPSA) is 99.0 Å². The van der Waals surface area contributed by atoms with Crippen LogP contribution in [0.15, 0.2) is 11.6 Å². The van der Waals surface area contributed by atoms with E-state index in [1.54, 1.807) is 13.0 Å². The van der Waals surface area contributed by atoms with Crippen LogP contribution in [0.4, 0.5) is 0 Å². The summed E-state index contributed by atoms with van der Waals surface area (Å²) in [5.74, 6) is -1.24. The van der Waals surface area contributed by atoms with E-state index in [0.717, 1.165) is 6.29 Å². The van der Waals surface area contributed by atoms with Gasteiger partial charge in [-0.15, -0.1) is 0 Å². The van der Waals surface area contributed by atoms with Gasteiger partial charge in [-0.1, -0.05) is 26.8 Å². The van der Waals surface area contributed by atoms with Crippen molar-refractivity contribution in [3.05, 3.63) is 11.6 Å². The number of primary amides is 1. The summed E-state index contributed by atoms with van der Waals surface area (Å²) in [6.45, 7) is 14.0. The number of unbranched alkanes of at least 4 members (excludes halogenated alkanes) is 1. The first kappa shape index (κ1) is 21.7. The van der Waals surface area contributed by atoms with Gasteiger partial charge in [0, 0.05) is 6.42 Å². The summed E-state index contributed by atoms with van der Waals surface area (Å²) in [7, 11) is -2.07. The van der Waals surface area contributed by atoms with Crippen molar-refractivity contribution in [3.8, 4) is 0 Å². The van der Waals surface area contributed by atoms with Crippen LogP contribution in [0.25, 0.3) is 0 Å². The lowest BCUT2D eigenvalue weighted by atomic mass is 9.91. The van der Waals surface area contributed by atoms with Gasteiger partial charge >= 0.3 is 0 Å². The molecule has 2 N–H and O–H groups in total. The minimum absolute atomic E-state index is 0.000190. The lowest BCUT2D eigenvalue weighted by molar-refractivity contribution is -0.132. The zero-order chi connectivity index (χ0) is 19.6. The Kier molecular flexibility index (Phi) is 6.53. The van der Waals surface area contributed by atoms with Crippen LogP contribution < -0.4 is 5.73 Å². The Morgan fingerprint density at radius 3 is 2.32 bits per heavy atom. The SMILES string of the molecule is C/C(=C\CCC=O)C(=O)[C@]1(C(N)=O)O[C@H]1[C@@H](C)O[Si](C)(C)C(C)(C)C. The van der Waals surface area contributed by atoms with Crippen molar-refractivity contribution in [3.63, 3.8) is 0 Å². The van der Waals surface area contributed by atoms with Gasteiger partial charge in [-0.05, 0) is 44.0 Å². The number of hydrogen-bond acceptors (Lipinski definition) is 5. The average molecular weight is 370 g/mol. The molecule has 1 rings (SSSR count). The molecule has 0 saturated carbocycles. The molecular weight excluding hydrogens is 338 g/mol. The highest BCUT2D eigenvalue weighted by atomic mass is 28.4. The maximum absolute atomic E-state index is 12.7. The molecular formula is C18H31NO5Si. The number of ketones is 1. The molecule has 0 radical (unpaired) electrons. The fourth-order valence-electron chi connectivity index (χ4n) is 2.54. The lowest BCUT2D eigenvalue weighted by Crippen LogP contribution is -2.48. The number of epoxide rings is 1. The molecule has 0 spiro atoms. The van der Waals surface area contributed by atoms with Crippen molar-refractivity contribution in [1.82, 2.24) is 0 Å². The second kappa shape index (κ2) is 7.51. The third-order valence-electron chi connectivity index (χ3n) is 5.17. The predicted octanol–water partition coefficient (Wildman–Crippen LogP) is 2.51.